The minimum absolute atomic E-state index is 0.332. The fourth-order valence-electron chi connectivity index (χ4n) is 4.65. The van der Waals surface area contributed by atoms with Crippen LogP contribution >= 0.6 is 0 Å². The first kappa shape index (κ1) is 33.0. The summed E-state index contributed by atoms with van der Waals surface area (Å²) in [5.41, 5.74) is -0.339. The first-order valence-corrected chi connectivity index (χ1v) is 12.4. The van der Waals surface area contributed by atoms with Gasteiger partial charge in [0.15, 0.2) is 0 Å². The summed E-state index contributed by atoms with van der Waals surface area (Å²) < 4.78 is 63.5. The lowest BCUT2D eigenvalue weighted by molar-refractivity contribution is -0.193. The number of hydrogen-bond acceptors (Lipinski definition) is 8. The normalized spacial score (nSPS) is 19.9. The Hall–Kier alpha value is -3.21. The Labute approximate surface area is 226 Å². The van der Waals surface area contributed by atoms with Gasteiger partial charge in [-0.05, 0) is 51.9 Å². The number of nitrogens with zero attached hydrogens (tertiary/aromatic N) is 6. The van der Waals surface area contributed by atoms with Crippen molar-refractivity contribution < 1.29 is 50.9 Å². The molecule has 0 unspecified atom stereocenters. The summed E-state index contributed by atoms with van der Waals surface area (Å²) in [7, 11) is 2.12. The van der Waals surface area contributed by atoms with E-state index in [4.69, 9.17) is 19.8 Å². The number of piperazine rings is 1. The minimum atomic E-state index is -5.08. The number of likely N-dealkylation sites (tertiary alicyclic amines) is 1. The van der Waals surface area contributed by atoms with Crippen LogP contribution in [0.2, 0.25) is 0 Å². The Balaban J connectivity index is 0.000000333. The van der Waals surface area contributed by atoms with Gasteiger partial charge in [-0.25, -0.2) is 19.6 Å². The van der Waals surface area contributed by atoms with Crippen molar-refractivity contribution in [3.8, 4) is 0 Å². The van der Waals surface area contributed by atoms with Gasteiger partial charge in [-0.1, -0.05) is 0 Å². The van der Waals surface area contributed by atoms with Crippen LogP contribution in [0.4, 0.5) is 32.3 Å². The van der Waals surface area contributed by atoms with Gasteiger partial charge in [0.25, 0.3) is 0 Å². The molecule has 40 heavy (non-hydrogen) atoms. The van der Waals surface area contributed by atoms with E-state index in [0.29, 0.717) is 5.91 Å². The van der Waals surface area contributed by atoms with Gasteiger partial charge >= 0.3 is 24.3 Å². The predicted molar refractivity (Wildman–Crippen MR) is 128 cm³/mol. The quantitative estimate of drug-likeness (QED) is 0.505. The van der Waals surface area contributed by atoms with Gasteiger partial charge in [-0.2, -0.15) is 26.3 Å². The lowest BCUT2D eigenvalue weighted by Gasteiger charge is -2.51. The molecule has 3 aliphatic rings. The number of anilines is 1. The van der Waals surface area contributed by atoms with Crippen LogP contribution in [-0.2, 0) is 14.4 Å². The third-order valence-corrected chi connectivity index (χ3v) is 6.92. The van der Waals surface area contributed by atoms with Gasteiger partial charge in [-0.3, -0.25) is 9.69 Å². The van der Waals surface area contributed by atoms with E-state index in [-0.39, 0.29) is 5.54 Å². The molecule has 0 aromatic carbocycles. The van der Waals surface area contributed by atoms with E-state index in [0.717, 1.165) is 58.1 Å². The molecule has 3 saturated heterocycles. The van der Waals surface area contributed by atoms with Gasteiger partial charge in [0, 0.05) is 51.7 Å². The van der Waals surface area contributed by atoms with Gasteiger partial charge in [0.1, 0.15) is 5.54 Å². The summed E-state index contributed by atoms with van der Waals surface area (Å²) in [6, 6.07) is 1.84. The highest BCUT2D eigenvalue weighted by Gasteiger charge is 2.49. The number of alkyl halides is 6. The Bertz CT molecular complexity index is 959. The molecular weight excluding hydrogens is 554 g/mol. The molecule has 0 atom stereocenters. The van der Waals surface area contributed by atoms with Gasteiger partial charge < -0.3 is 24.9 Å². The maximum Gasteiger partial charge on any atom is 0.490 e. The van der Waals surface area contributed by atoms with Crippen molar-refractivity contribution in [2.45, 2.75) is 43.6 Å². The molecule has 1 spiro atoms. The summed E-state index contributed by atoms with van der Waals surface area (Å²) in [6.07, 6.45) is -2.30. The van der Waals surface area contributed by atoms with Crippen molar-refractivity contribution in [3.05, 3.63) is 18.5 Å². The maximum absolute atomic E-state index is 13.4. The number of aliphatic carboxylic acids is 2. The molecule has 1 aromatic rings. The zero-order valence-corrected chi connectivity index (χ0v) is 21.8. The molecule has 226 valence electrons. The molecular formula is C23H32F6N6O5. The molecule has 4 rings (SSSR count). The fraction of sp³-hybridized carbons (Fsp3) is 0.696. The number of halogens is 6. The molecule has 0 radical (unpaired) electrons. The molecule has 4 heterocycles. The Morgan fingerprint density at radius 2 is 1.32 bits per heavy atom. The third kappa shape index (κ3) is 9.18. The number of amides is 1. The third-order valence-electron chi connectivity index (χ3n) is 6.92. The Morgan fingerprint density at radius 3 is 1.77 bits per heavy atom. The summed E-state index contributed by atoms with van der Waals surface area (Å²) >= 11 is 0. The van der Waals surface area contributed by atoms with E-state index in [1.54, 1.807) is 12.4 Å². The summed E-state index contributed by atoms with van der Waals surface area (Å²) in [4.78, 5) is 49.0. The van der Waals surface area contributed by atoms with Crippen LogP contribution in [0.5, 0.6) is 0 Å². The van der Waals surface area contributed by atoms with Crippen molar-refractivity contribution in [2.24, 2.45) is 0 Å². The van der Waals surface area contributed by atoms with Crippen LogP contribution in [0.1, 0.15) is 25.7 Å². The summed E-state index contributed by atoms with van der Waals surface area (Å²) in [6.45, 7) is 7.78. The molecule has 17 heteroatoms. The number of piperidine rings is 1. The zero-order chi connectivity index (χ0) is 30.1. The topological polar surface area (TPSA) is 130 Å². The lowest BCUT2D eigenvalue weighted by Crippen LogP contribution is -2.68. The highest BCUT2D eigenvalue weighted by Crippen LogP contribution is 2.33. The van der Waals surface area contributed by atoms with Crippen LogP contribution in [0.15, 0.2) is 18.5 Å². The number of carboxylic acid groups (broad SMARTS) is 2. The molecule has 3 aliphatic heterocycles. The van der Waals surface area contributed by atoms with Crippen LogP contribution in [-0.4, -0.2) is 130 Å². The van der Waals surface area contributed by atoms with Crippen LogP contribution < -0.4 is 4.90 Å². The van der Waals surface area contributed by atoms with Gasteiger partial charge in [0.2, 0.25) is 11.9 Å². The zero-order valence-electron chi connectivity index (χ0n) is 21.8. The summed E-state index contributed by atoms with van der Waals surface area (Å²) in [5.74, 6) is -4.40. The number of hydrogen-bond donors (Lipinski definition) is 2. The van der Waals surface area contributed by atoms with Gasteiger partial charge in [-0.15, -0.1) is 0 Å². The minimum Gasteiger partial charge on any atom is -0.475 e. The number of carbonyl (C=O) groups is 3. The summed E-state index contributed by atoms with van der Waals surface area (Å²) in [5, 5.41) is 14.2. The highest BCUT2D eigenvalue weighted by molar-refractivity contribution is 5.87. The molecule has 2 N–H and O–H groups in total. The van der Waals surface area contributed by atoms with E-state index in [2.05, 4.69) is 36.6 Å². The van der Waals surface area contributed by atoms with Crippen LogP contribution in [0.25, 0.3) is 0 Å². The molecule has 1 amide bonds. The lowest BCUT2D eigenvalue weighted by atomic mass is 9.83. The number of carboxylic acids is 2. The second-order valence-corrected chi connectivity index (χ2v) is 9.44. The first-order valence-electron chi connectivity index (χ1n) is 12.4. The number of aromatic nitrogens is 2. The predicted octanol–water partition coefficient (Wildman–Crippen LogP) is 1.95. The smallest absolute Gasteiger partial charge is 0.475 e. The molecule has 0 saturated carbocycles. The molecule has 0 bridgehead atoms. The second-order valence-electron chi connectivity index (χ2n) is 9.44. The standard InChI is InChI=1S/C19H30N6O.2C2HF3O2/c1-22-13-15-24(16-14-23-9-2-3-10-23)17(26)19(22)5-11-25(12-6-19)18-20-7-4-8-21-18;2*3-2(4,5)1(6)7/h4,7-8H,2-3,5-6,9-16H2,1H3;2*(H,6,7). The molecule has 3 fully saturated rings. The van der Waals surface area contributed by atoms with Gasteiger partial charge in [0.05, 0.1) is 0 Å². The molecule has 1 aromatic heterocycles. The van der Waals surface area contributed by atoms with Crippen LogP contribution in [0.3, 0.4) is 0 Å². The molecule has 11 nitrogen and oxygen atoms in total. The van der Waals surface area contributed by atoms with Crippen molar-refractivity contribution >= 4 is 23.8 Å². The first-order chi connectivity index (χ1) is 18.6. The van der Waals surface area contributed by atoms with E-state index < -0.39 is 24.3 Å². The highest BCUT2D eigenvalue weighted by atomic mass is 19.4. The Kier molecular flexibility index (Phi) is 11.5. The number of likely N-dealkylation sites (N-methyl/N-ethyl adjacent to an activating group) is 1. The van der Waals surface area contributed by atoms with Crippen molar-refractivity contribution in [3.63, 3.8) is 0 Å². The monoisotopic (exact) mass is 586 g/mol. The second kappa shape index (κ2) is 13.9. The average Bonchev–Trinajstić information content (AvgIpc) is 3.41. The SMILES string of the molecule is CN1CCN(CCN2CCCC2)C(=O)C12CCN(c1ncccn1)CC2.O=C(O)C(F)(F)F.O=C(O)C(F)(F)F. The van der Waals surface area contributed by atoms with E-state index >= 15 is 0 Å². The Morgan fingerprint density at radius 1 is 0.850 bits per heavy atom. The van der Waals surface area contributed by atoms with Crippen LogP contribution in [0, 0.1) is 0 Å². The van der Waals surface area contributed by atoms with E-state index in [1.807, 2.05) is 6.07 Å². The van der Waals surface area contributed by atoms with Crippen molar-refractivity contribution in [2.75, 3.05) is 64.3 Å². The van der Waals surface area contributed by atoms with Crippen molar-refractivity contribution in [1.82, 2.24) is 24.7 Å². The van der Waals surface area contributed by atoms with E-state index in [9.17, 15) is 31.1 Å². The molecule has 0 aliphatic carbocycles. The average molecular weight is 587 g/mol. The van der Waals surface area contributed by atoms with E-state index in [1.165, 1.54) is 25.9 Å². The van der Waals surface area contributed by atoms with Crippen molar-refractivity contribution in [1.29, 1.82) is 0 Å². The number of carbonyl (C=O) groups excluding carboxylic acids is 1. The fourth-order valence-corrected chi connectivity index (χ4v) is 4.65. The number of rotatable bonds is 4. The largest absolute Gasteiger partial charge is 0.490 e. The maximum atomic E-state index is 13.4.